The van der Waals surface area contributed by atoms with Gasteiger partial charge in [-0.1, -0.05) is 59.6 Å². The number of benzene rings is 3. The summed E-state index contributed by atoms with van der Waals surface area (Å²) >= 11 is 12.2. The lowest BCUT2D eigenvalue weighted by Gasteiger charge is -2.14. The molecule has 34 heavy (non-hydrogen) atoms. The van der Waals surface area contributed by atoms with Crippen LogP contribution in [0.3, 0.4) is 0 Å². The first-order valence-electron chi connectivity index (χ1n) is 10.6. The van der Waals surface area contributed by atoms with Crippen LogP contribution in [0.15, 0.2) is 73.2 Å². The van der Waals surface area contributed by atoms with Crippen molar-refractivity contribution < 1.29 is 14.2 Å². The molecule has 5 nitrogen and oxygen atoms in total. The number of ether oxygens (including phenoxy) is 1. The number of fused-ring (bicyclic) bond motifs is 1. The van der Waals surface area contributed by atoms with Gasteiger partial charge < -0.3 is 19.4 Å². The maximum atomic E-state index is 14.4. The van der Waals surface area contributed by atoms with Crippen LogP contribution in [0.5, 0.6) is 5.75 Å². The summed E-state index contributed by atoms with van der Waals surface area (Å²) < 4.78 is 22.1. The third-order valence-electron chi connectivity index (χ3n) is 5.58. The van der Waals surface area contributed by atoms with E-state index >= 15 is 0 Å². The van der Waals surface area contributed by atoms with E-state index in [1.54, 1.807) is 24.5 Å². The highest BCUT2D eigenvalue weighted by Crippen LogP contribution is 2.38. The van der Waals surface area contributed by atoms with Crippen molar-refractivity contribution in [2.45, 2.75) is 6.54 Å². The Morgan fingerprint density at radius 2 is 1.88 bits per heavy atom. The maximum Gasteiger partial charge on any atom is 0.142 e. The van der Waals surface area contributed by atoms with E-state index in [4.69, 9.17) is 32.9 Å². The Labute approximate surface area is 205 Å². The number of nitrogens with one attached hydrogen (secondary N) is 1. The molecule has 0 aliphatic rings. The summed E-state index contributed by atoms with van der Waals surface area (Å²) in [4.78, 5) is 7.92. The molecule has 172 valence electrons. The van der Waals surface area contributed by atoms with Crippen molar-refractivity contribution in [3.05, 3.63) is 94.6 Å². The lowest BCUT2D eigenvalue weighted by atomic mass is 10.0. The highest BCUT2D eigenvalue weighted by atomic mass is 35.5. The van der Waals surface area contributed by atoms with Gasteiger partial charge in [0.05, 0.1) is 35.9 Å². The number of hydrogen-bond acceptors (Lipinski definition) is 3. The van der Waals surface area contributed by atoms with E-state index in [9.17, 15) is 9.50 Å². The van der Waals surface area contributed by atoms with Crippen molar-refractivity contribution in [2.75, 3.05) is 13.2 Å². The number of aromatic nitrogens is 3. The first kappa shape index (κ1) is 22.5. The van der Waals surface area contributed by atoms with Crippen LogP contribution < -0.4 is 4.74 Å². The van der Waals surface area contributed by atoms with Crippen LogP contribution in [0.4, 0.5) is 4.39 Å². The molecule has 0 saturated carbocycles. The summed E-state index contributed by atoms with van der Waals surface area (Å²) in [5.74, 6) is 0.0962. The molecule has 0 unspecified atom stereocenters. The number of hydrogen-bond donors (Lipinski definition) is 2. The molecule has 8 heteroatoms. The predicted octanol–water partition coefficient (Wildman–Crippen LogP) is 6.56. The van der Waals surface area contributed by atoms with Gasteiger partial charge in [-0.05, 0) is 24.3 Å². The lowest BCUT2D eigenvalue weighted by molar-refractivity contribution is 0.200. The Kier molecular flexibility index (Phi) is 6.28. The molecular weight excluding hydrogens is 476 g/mol. The quantitative estimate of drug-likeness (QED) is 0.268. The highest BCUT2D eigenvalue weighted by molar-refractivity contribution is 6.31. The fraction of sp³-hybridized carbons (Fsp3) is 0.115. The molecule has 5 aromatic rings. The van der Waals surface area contributed by atoms with Crippen molar-refractivity contribution in [1.82, 2.24) is 14.5 Å². The van der Waals surface area contributed by atoms with Gasteiger partial charge in [0.2, 0.25) is 0 Å². The molecule has 0 spiro atoms. The summed E-state index contributed by atoms with van der Waals surface area (Å²) in [5, 5.41) is 10.5. The molecule has 2 aromatic heterocycles. The first-order chi connectivity index (χ1) is 16.5. The molecule has 0 aliphatic heterocycles. The summed E-state index contributed by atoms with van der Waals surface area (Å²) in [7, 11) is 0. The molecule has 0 saturated heterocycles. The van der Waals surface area contributed by atoms with Crippen LogP contribution in [-0.2, 0) is 6.54 Å². The Morgan fingerprint density at radius 1 is 1.06 bits per heavy atom. The number of aliphatic hydroxyl groups is 1. The topological polar surface area (TPSA) is 63.1 Å². The van der Waals surface area contributed by atoms with Crippen LogP contribution >= 0.6 is 23.2 Å². The minimum absolute atomic E-state index is 0.0597. The number of rotatable bonds is 7. The van der Waals surface area contributed by atoms with Gasteiger partial charge in [-0.15, -0.1) is 0 Å². The minimum atomic E-state index is -0.486. The molecule has 0 amide bonds. The SMILES string of the molecule is OCCOc1cc(Cl)ccc1Cn1cnc(-c2ccccc2)c1-c1c[nH]c2cc(Cl)c(F)cc12. The van der Waals surface area contributed by atoms with E-state index in [-0.39, 0.29) is 18.2 Å². The Balaban J connectivity index is 1.68. The number of aromatic amines is 1. The van der Waals surface area contributed by atoms with Gasteiger partial charge in [0.15, 0.2) is 0 Å². The van der Waals surface area contributed by atoms with Crippen molar-refractivity contribution in [1.29, 1.82) is 0 Å². The van der Waals surface area contributed by atoms with Crippen LogP contribution in [0.2, 0.25) is 10.0 Å². The second-order valence-electron chi connectivity index (χ2n) is 7.77. The summed E-state index contributed by atoms with van der Waals surface area (Å²) in [6.07, 6.45) is 3.60. The molecule has 0 atom stereocenters. The lowest BCUT2D eigenvalue weighted by Crippen LogP contribution is -2.07. The third-order valence-corrected chi connectivity index (χ3v) is 6.11. The zero-order valence-electron chi connectivity index (χ0n) is 17.9. The van der Waals surface area contributed by atoms with Gasteiger partial charge >= 0.3 is 0 Å². The third kappa shape index (κ3) is 4.28. The molecule has 3 aromatic carbocycles. The van der Waals surface area contributed by atoms with E-state index in [1.165, 1.54) is 6.07 Å². The highest BCUT2D eigenvalue weighted by Gasteiger charge is 2.20. The molecule has 2 heterocycles. The average Bonchev–Trinajstić information content (AvgIpc) is 3.43. The van der Waals surface area contributed by atoms with Crippen molar-refractivity contribution in [2.24, 2.45) is 0 Å². The molecule has 5 rings (SSSR count). The summed E-state index contributed by atoms with van der Waals surface area (Å²) in [6, 6.07) is 18.2. The molecule has 2 N–H and O–H groups in total. The Morgan fingerprint density at radius 3 is 2.68 bits per heavy atom. The van der Waals surface area contributed by atoms with E-state index in [0.29, 0.717) is 22.7 Å². The standard InChI is InChI=1S/C26H20Cl2FN3O2/c27-18-7-6-17(24(10-18)34-9-8-33)14-32-15-31-25(16-4-2-1-3-5-16)26(32)20-13-30-23-12-21(28)22(29)11-19(20)23/h1-7,10-13,15,30,33H,8-9,14H2. The number of halogens is 3. The van der Waals surface area contributed by atoms with Crippen LogP contribution in [0.25, 0.3) is 33.4 Å². The Bertz CT molecular complexity index is 1460. The van der Waals surface area contributed by atoms with Gasteiger partial charge in [-0.2, -0.15) is 0 Å². The van der Waals surface area contributed by atoms with Crippen molar-refractivity contribution in [3.8, 4) is 28.3 Å². The van der Waals surface area contributed by atoms with E-state index in [0.717, 1.165) is 33.6 Å². The monoisotopic (exact) mass is 495 g/mol. The number of H-pyrrole nitrogens is 1. The zero-order valence-corrected chi connectivity index (χ0v) is 19.4. The van der Waals surface area contributed by atoms with Gasteiger partial charge in [0.1, 0.15) is 18.2 Å². The second kappa shape index (κ2) is 9.50. The van der Waals surface area contributed by atoms with Crippen LogP contribution in [0.1, 0.15) is 5.56 Å². The normalized spacial score (nSPS) is 11.3. The fourth-order valence-electron chi connectivity index (χ4n) is 4.04. The maximum absolute atomic E-state index is 14.4. The molecule has 0 radical (unpaired) electrons. The van der Waals surface area contributed by atoms with Gasteiger partial charge in [0.25, 0.3) is 0 Å². The van der Waals surface area contributed by atoms with Gasteiger partial charge in [-0.25, -0.2) is 9.37 Å². The van der Waals surface area contributed by atoms with Crippen molar-refractivity contribution >= 4 is 34.1 Å². The number of nitrogens with zero attached hydrogens (tertiary/aromatic N) is 2. The Hall–Kier alpha value is -3.32. The van der Waals surface area contributed by atoms with E-state index in [1.807, 2.05) is 47.2 Å². The second-order valence-corrected chi connectivity index (χ2v) is 8.62. The average molecular weight is 496 g/mol. The fourth-order valence-corrected chi connectivity index (χ4v) is 4.36. The number of aliphatic hydroxyl groups excluding tert-OH is 1. The van der Waals surface area contributed by atoms with Crippen LogP contribution in [-0.4, -0.2) is 32.9 Å². The summed E-state index contributed by atoms with van der Waals surface area (Å²) in [6.45, 7) is 0.474. The van der Waals surface area contributed by atoms with Crippen molar-refractivity contribution in [3.63, 3.8) is 0 Å². The number of imidazole rings is 1. The first-order valence-corrected chi connectivity index (χ1v) is 11.4. The molecule has 0 fully saturated rings. The molecule has 0 aliphatic carbocycles. The predicted molar refractivity (Wildman–Crippen MR) is 133 cm³/mol. The molecular formula is C26H20Cl2FN3O2. The van der Waals surface area contributed by atoms with Crippen LogP contribution in [0, 0.1) is 5.82 Å². The van der Waals surface area contributed by atoms with Gasteiger partial charge in [-0.3, -0.25) is 0 Å². The van der Waals surface area contributed by atoms with E-state index < -0.39 is 5.82 Å². The molecule has 0 bridgehead atoms. The minimum Gasteiger partial charge on any atom is -0.491 e. The van der Waals surface area contributed by atoms with E-state index in [2.05, 4.69) is 4.98 Å². The smallest absolute Gasteiger partial charge is 0.142 e. The summed E-state index contributed by atoms with van der Waals surface area (Å²) in [5.41, 5.74) is 4.92. The van der Waals surface area contributed by atoms with Gasteiger partial charge in [0, 0.05) is 38.8 Å². The zero-order chi connectivity index (χ0) is 23.7. The largest absolute Gasteiger partial charge is 0.491 e.